The molecule has 2 aliphatic heterocycles. The number of aromatic nitrogens is 41. The van der Waals surface area contributed by atoms with Crippen molar-refractivity contribution in [3.63, 3.8) is 0 Å². The summed E-state index contributed by atoms with van der Waals surface area (Å²) in [6.45, 7) is 0.124. The van der Waals surface area contributed by atoms with Crippen LogP contribution in [0.4, 0.5) is 9.59 Å². The molecule has 0 atom stereocenters. The maximum atomic E-state index is 10.3. The van der Waals surface area contributed by atoms with Gasteiger partial charge < -0.3 is 59.8 Å². The molecule has 0 bridgehead atoms. The van der Waals surface area contributed by atoms with Gasteiger partial charge in [-0.3, -0.25) is 93.7 Å². The normalized spacial score (nSPS) is 9.64. The number of amides is 6. The molecule has 0 aromatic carbocycles. The zero-order chi connectivity index (χ0) is 97.9. The molecule has 134 heavy (non-hydrogen) atoms. The summed E-state index contributed by atoms with van der Waals surface area (Å²) in [5.41, 5.74) is -4.35. The number of aliphatic imine (C=N–C) groups is 1. The minimum atomic E-state index is -0.586. The van der Waals surface area contributed by atoms with E-state index in [1.165, 1.54) is 162 Å². The van der Waals surface area contributed by atoms with Gasteiger partial charge in [-0.15, -0.1) is 0 Å². The fraction of sp³-hybridized carbons (Fsp3) is 0.0294. The molecule has 2 aliphatic rings. The van der Waals surface area contributed by atoms with E-state index in [0.717, 1.165) is 6.20 Å². The Morgan fingerprint density at radius 2 is 0.910 bits per heavy atom. The lowest BCUT2D eigenvalue weighted by Gasteiger charge is -1.99. The second kappa shape index (κ2) is 78.5. The Morgan fingerprint density at radius 3 is 1.13 bits per heavy atom. The van der Waals surface area contributed by atoms with E-state index in [0.29, 0.717) is 0 Å². The first kappa shape index (κ1) is 110. The summed E-state index contributed by atoms with van der Waals surface area (Å²) in [5.74, 6) is -1.06. The predicted octanol–water partition coefficient (Wildman–Crippen LogP) is -6.19. The maximum absolute atomic E-state index is 10.3. The number of carbonyl (C=O) groups is 4. The summed E-state index contributed by atoms with van der Waals surface area (Å²) >= 11 is 0. The Bertz CT molecular complexity index is 5660. The third-order valence-corrected chi connectivity index (χ3v) is 10.8. The van der Waals surface area contributed by atoms with Gasteiger partial charge in [0.25, 0.3) is 27.8 Å². The van der Waals surface area contributed by atoms with Crippen molar-refractivity contribution in [2.24, 2.45) is 4.99 Å². The summed E-state index contributed by atoms with van der Waals surface area (Å²) in [5, 5.41) is 50.3. The van der Waals surface area contributed by atoms with Crippen molar-refractivity contribution in [3.05, 3.63) is 441 Å². The molecule has 0 saturated carbocycles. The lowest BCUT2D eigenvalue weighted by Crippen LogP contribution is -2.31. The van der Waals surface area contributed by atoms with Crippen LogP contribution >= 0.6 is 0 Å². The summed E-state index contributed by atoms with van der Waals surface area (Å²) in [4.78, 5) is 267. The van der Waals surface area contributed by atoms with E-state index in [2.05, 4.69) is 211 Å². The Labute approximate surface area is 737 Å². The van der Waals surface area contributed by atoms with Crippen molar-refractivity contribution in [2.75, 3.05) is 6.54 Å². The third kappa shape index (κ3) is 76.4. The van der Waals surface area contributed by atoms with Crippen LogP contribution in [0, 0.1) is 0 Å². The van der Waals surface area contributed by atoms with E-state index in [1.807, 2.05) is 50.2 Å². The largest absolute Gasteiger partial charge is 0.438 e. The average Bonchev–Trinajstić information content (AvgIpc) is 1.81. The molecule has 0 aliphatic carbocycles. The van der Waals surface area contributed by atoms with Crippen molar-refractivity contribution >= 4 is 30.1 Å². The summed E-state index contributed by atoms with van der Waals surface area (Å²) in [6.07, 6.45) is 51.2. The number of imide groups is 2. The van der Waals surface area contributed by atoms with Gasteiger partial charge in [0.05, 0.1) is 57.0 Å². The minimum absolute atomic E-state index is 0.0532. The number of hydrogen-bond acceptors (Lipinski definition) is 39. The number of imidazole rings is 3. The van der Waals surface area contributed by atoms with Gasteiger partial charge in [0.15, 0.2) is 0 Å². The van der Waals surface area contributed by atoms with Crippen LogP contribution in [0.1, 0.15) is 6.42 Å². The minimum Gasteiger partial charge on any atom is -0.368 e. The van der Waals surface area contributed by atoms with Crippen LogP contribution in [0.25, 0.3) is 0 Å². The Kier molecular flexibility index (Phi) is 64.5. The van der Waals surface area contributed by atoms with Crippen LogP contribution < -0.4 is 101 Å². The number of pyridine rings is 1. The average molecular weight is 1860 g/mol. The molecule has 66 nitrogen and oxygen atoms in total. The van der Waals surface area contributed by atoms with Crippen LogP contribution in [-0.2, 0) is 9.59 Å². The monoisotopic (exact) mass is 1860 g/mol. The van der Waals surface area contributed by atoms with Crippen LogP contribution in [0.2, 0.25) is 0 Å². The predicted molar refractivity (Wildman–Crippen MR) is 460 cm³/mol. The van der Waals surface area contributed by atoms with Crippen molar-refractivity contribution in [1.82, 2.24) is 222 Å². The fourth-order valence-corrected chi connectivity index (χ4v) is 5.76. The number of H-pyrrole nitrogens is 23. The van der Waals surface area contributed by atoms with E-state index in [-0.39, 0.29) is 81.0 Å². The molecule has 0 spiro atoms. The first-order chi connectivity index (χ1) is 65.0. The molecular weight excluding hydrogens is 1780 g/mol. The van der Waals surface area contributed by atoms with Gasteiger partial charge in [-0.25, -0.2) is 128 Å². The third-order valence-electron chi connectivity index (χ3n) is 10.8. The molecule has 19 aromatic heterocycles. The summed E-state index contributed by atoms with van der Waals surface area (Å²) < 4.78 is 8.12. The molecule has 1 fully saturated rings. The van der Waals surface area contributed by atoms with E-state index in [9.17, 15) is 91.1 Å². The smallest absolute Gasteiger partial charge is 0.368 e. The molecule has 19 aromatic rings. The number of aromatic amines is 23. The van der Waals surface area contributed by atoms with Gasteiger partial charge in [-0.2, -0.15) is 40.6 Å². The topological polar surface area (TPSA) is 994 Å². The number of urea groups is 2. The molecule has 21 rings (SSSR count). The lowest BCUT2D eigenvalue weighted by atomic mass is 10.4. The van der Waals surface area contributed by atoms with Gasteiger partial charge in [0.1, 0.15) is 50.5 Å². The molecule has 700 valence electrons. The highest BCUT2D eigenvalue weighted by Gasteiger charge is 2.14. The van der Waals surface area contributed by atoms with E-state index >= 15 is 0 Å². The number of rotatable bonds is 0. The molecule has 1 saturated heterocycles. The molecule has 21 heterocycles. The van der Waals surface area contributed by atoms with Gasteiger partial charge in [-0.05, 0) is 36.4 Å². The SMILES string of the molecule is O=C1CC=NC(=O)N1.O=C1CNC(=O)N1.O=c1[nH]cn[nH]1.O=c1[nH]cno1.O=c1cc[nH][nH]1.O=c1cc[nH]c(=O)[nH]1.O=c1cc[nH]o1.O=c1cccc[nH]1.O=c1cccn[nH]1.O=c1ccnc[nH]1.O=c1cn[nH]c(=O)[nH]1.O=c1nccc[nH]1.O=c1nccc[nH]1.O=c1nccn[nH]1.O=c1ncnc[nH]1.c1c[nH]cn1.c1c[nH]cn1.c1c[nH]cn1.c1cc[nH]c1.c1nc[nH]n1.c1nc[nH]n1. The Hall–Kier alpha value is -21.8. The van der Waals surface area contributed by atoms with Crippen LogP contribution in [0.15, 0.2) is 371 Å². The molecule has 6 amide bonds. The molecule has 26 N–H and O–H groups in total. The van der Waals surface area contributed by atoms with Gasteiger partial charge in [-0.1, -0.05) is 11.2 Å². The summed E-state index contributed by atoms with van der Waals surface area (Å²) in [7, 11) is 0. The highest BCUT2D eigenvalue weighted by Crippen LogP contribution is 1.85. The van der Waals surface area contributed by atoms with Crippen molar-refractivity contribution in [1.29, 1.82) is 0 Å². The molecular formula is C68H77N45O21. The van der Waals surface area contributed by atoms with E-state index in [1.54, 1.807) is 98.9 Å². The quantitative estimate of drug-likeness (QED) is 0.0628. The number of nitrogens with one attached hydrogen (secondary N) is 26. The molecule has 0 radical (unpaired) electrons. The first-order valence-electron chi connectivity index (χ1n) is 35.5. The van der Waals surface area contributed by atoms with E-state index < -0.39 is 40.4 Å². The zero-order valence-electron chi connectivity index (χ0n) is 68.1. The second-order valence-electron chi connectivity index (χ2n) is 20.6. The van der Waals surface area contributed by atoms with Crippen LogP contribution in [-0.4, -0.2) is 243 Å². The Balaban J connectivity index is 0.000000704. The second-order valence-corrected chi connectivity index (χ2v) is 20.6. The zero-order valence-corrected chi connectivity index (χ0v) is 68.1. The number of nitrogens with zero attached hydrogens (tertiary/aromatic N) is 19. The van der Waals surface area contributed by atoms with Crippen molar-refractivity contribution in [3.8, 4) is 0 Å². The maximum Gasteiger partial charge on any atom is 0.438 e. The molecule has 0 unspecified atom stereocenters. The number of hydrogen-bond donors (Lipinski definition) is 26. The highest BCUT2D eigenvalue weighted by molar-refractivity contribution is 6.07. The first-order valence-corrected chi connectivity index (χ1v) is 35.5. The Morgan fingerprint density at radius 1 is 0.321 bits per heavy atom. The van der Waals surface area contributed by atoms with Crippen LogP contribution in [0.3, 0.4) is 0 Å². The van der Waals surface area contributed by atoms with Crippen molar-refractivity contribution < 1.29 is 28.2 Å². The van der Waals surface area contributed by atoms with Crippen LogP contribution in [0.5, 0.6) is 0 Å². The standard InChI is InChI=1S/C5H5NO.2C4H4N2O2.4C4H4N2O.C4H5N.C3H3N3O2.2C3H3N3O.C3H4N2O2.C3H4N2O.3C3H4N2.C3H3NO2.C2H3N3O.2C2H3N3.C2H2N2O2/c7-5-3-1-2-4-6-5;2*7-3-1-2-5-4(8)6-3;7-4-1-2-5-3-6-4;2*7-4-5-2-1-3-6-4;7-4-2-1-3-5-6-4;1-2-4-5-3-1;7-2-1-4-6-3(8)5-2;7-3-5-1-4-2-6-3;7-3-4-1-2-5-6-3;6-2-1-4-3(7)5-2;6-3-1-2-4-5-3;3*1-2-5-3-4-1;5-3-1-2-4-6-3;6-2-3-1-4-5-2;2*1-3-2-5-4-1;5-2-3-1-4-6-2/h1-4H,(H,6,7);2H,1H2,(H,6,7,8);1-2H,(H2,5,6,7,8);3*1-3H,(H,5,6,7);1-3H,(H,6,7);1-5H;1H,(H2,5,6,7,8);1-2H,(H,4,5,6,7);1-2H,(H,4,6,7);1H2,(H2,4,5,6,7);1-2H,(H2,4,5,6);3*1-3H,(H,4,5);1-2,4H;1H,(H2,3,4,5,6);2*1-2H,(H,3,4,5);1H,(H,3,4,5). The van der Waals surface area contributed by atoms with Gasteiger partial charge in [0.2, 0.25) is 17.4 Å². The van der Waals surface area contributed by atoms with Gasteiger partial charge >= 0.3 is 63.3 Å². The number of carbonyl (C=O) groups excluding carboxylic acids is 4. The lowest BCUT2D eigenvalue weighted by molar-refractivity contribution is -0.119. The van der Waals surface area contributed by atoms with E-state index in [4.69, 9.17) is 0 Å². The fourth-order valence-electron chi connectivity index (χ4n) is 5.76. The summed E-state index contributed by atoms with van der Waals surface area (Å²) in [6, 6.07) is 19.5. The molecule has 66 heteroatoms. The highest BCUT2D eigenvalue weighted by atomic mass is 16.5. The van der Waals surface area contributed by atoms with Gasteiger partial charge in [0, 0.05) is 154 Å². The van der Waals surface area contributed by atoms with Crippen molar-refractivity contribution in [2.45, 2.75) is 6.42 Å².